The van der Waals surface area contributed by atoms with Crippen LogP contribution in [0.15, 0.2) is 46.9 Å². The summed E-state index contributed by atoms with van der Waals surface area (Å²) in [4.78, 5) is 12.1. The normalized spacial score (nSPS) is 10.2. The standard InChI is InChI=1S/C13H10BBrClNO3/c15-10-3-1-2-4-12(10)17-13(18)8-5-6-9(14(19)20)11(16)7-8/h1-7,19-20H,(H,17,18). The van der Waals surface area contributed by atoms with Gasteiger partial charge >= 0.3 is 7.12 Å². The van der Waals surface area contributed by atoms with Crippen LogP contribution in [0.3, 0.4) is 0 Å². The van der Waals surface area contributed by atoms with Crippen molar-refractivity contribution in [3.63, 3.8) is 0 Å². The zero-order valence-electron chi connectivity index (χ0n) is 10.2. The van der Waals surface area contributed by atoms with Crippen LogP contribution in [0.4, 0.5) is 5.69 Å². The second kappa shape index (κ2) is 6.41. The molecule has 1 amide bonds. The Morgan fingerprint density at radius 1 is 1.20 bits per heavy atom. The lowest BCUT2D eigenvalue weighted by molar-refractivity contribution is 0.102. The minimum Gasteiger partial charge on any atom is -0.423 e. The number of benzene rings is 2. The van der Waals surface area contributed by atoms with Gasteiger partial charge in [-0.15, -0.1) is 0 Å². The fraction of sp³-hybridized carbons (Fsp3) is 0. The molecule has 0 unspecified atom stereocenters. The van der Waals surface area contributed by atoms with Gasteiger partial charge in [0, 0.05) is 20.5 Å². The first-order valence-corrected chi connectivity index (χ1v) is 6.87. The molecule has 0 radical (unpaired) electrons. The Morgan fingerprint density at radius 3 is 2.50 bits per heavy atom. The molecule has 102 valence electrons. The summed E-state index contributed by atoms with van der Waals surface area (Å²) in [6.45, 7) is 0. The van der Waals surface area contributed by atoms with Crippen molar-refractivity contribution in [3.05, 3.63) is 57.5 Å². The third kappa shape index (κ3) is 3.40. The molecule has 4 nitrogen and oxygen atoms in total. The number of carbonyl (C=O) groups excluding carboxylic acids is 1. The minimum atomic E-state index is -1.66. The van der Waals surface area contributed by atoms with Gasteiger partial charge in [0.15, 0.2) is 0 Å². The molecule has 0 aliphatic heterocycles. The van der Waals surface area contributed by atoms with Gasteiger partial charge < -0.3 is 15.4 Å². The Balaban J connectivity index is 2.22. The highest BCUT2D eigenvalue weighted by Crippen LogP contribution is 2.22. The van der Waals surface area contributed by atoms with Crippen molar-refractivity contribution in [3.8, 4) is 0 Å². The van der Waals surface area contributed by atoms with Crippen LogP contribution in [0, 0.1) is 0 Å². The molecule has 0 atom stereocenters. The lowest BCUT2D eigenvalue weighted by Gasteiger charge is -2.09. The van der Waals surface area contributed by atoms with Crippen LogP contribution in [-0.4, -0.2) is 23.1 Å². The average molecular weight is 354 g/mol. The summed E-state index contributed by atoms with van der Waals surface area (Å²) in [6, 6.07) is 11.5. The van der Waals surface area contributed by atoms with Gasteiger partial charge in [-0.3, -0.25) is 4.79 Å². The number of para-hydroxylation sites is 1. The monoisotopic (exact) mass is 353 g/mol. The van der Waals surface area contributed by atoms with E-state index in [4.69, 9.17) is 21.6 Å². The molecule has 3 N–H and O–H groups in total. The summed E-state index contributed by atoms with van der Waals surface area (Å²) < 4.78 is 0.766. The van der Waals surface area contributed by atoms with Crippen LogP contribution in [0.2, 0.25) is 5.02 Å². The number of halogens is 2. The number of hydrogen-bond donors (Lipinski definition) is 3. The zero-order chi connectivity index (χ0) is 14.7. The van der Waals surface area contributed by atoms with Crippen LogP contribution in [0.5, 0.6) is 0 Å². The summed E-state index contributed by atoms with van der Waals surface area (Å²) in [6.07, 6.45) is 0. The third-order valence-electron chi connectivity index (χ3n) is 2.66. The molecule has 0 aromatic heterocycles. The summed E-state index contributed by atoms with van der Waals surface area (Å²) >= 11 is 9.23. The van der Waals surface area contributed by atoms with E-state index in [1.807, 2.05) is 12.1 Å². The molecule has 7 heteroatoms. The highest BCUT2D eigenvalue weighted by Gasteiger charge is 2.17. The number of amides is 1. The molecule has 2 aromatic carbocycles. The van der Waals surface area contributed by atoms with Gasteiger partial charge in [-0.25, -0.2) is 0 Å². The predicted octanol–water partition coefficient (Wildman–Crippen LogP) is 2.03. The fourth-order valence-electron chi connectivity index (χ4n) is 1.63. The summed E-state index contributed by atoms with van der Waals surface area (Å²) in [7, 11) is -1.66. The molecule has 0 saturated carbocycles. The smallest absolute Gasteiger partial charge is 0.423 e. The molecule has 2 rings (SSSR count). The first-order chi connectivity index (χ1) is 9.49. The van der Waals surface area contributed by atoms with Crippen molar-refractivity contribution in [1.82, 2.24) is 0 Å². The van der Waals surface area contributed by atoms with E-state index in [0.717, 1.165) is 4.47 Å². The first-order valence-electron chi connectivity index (χ1n) is 5.70. The average Bonchev–Trinajstić information content (AvgIpc) is 2.40. The lowest BCUT2D eigenvalue weighted by atomic mass is 9.80. The van der Waals surface area contributed by atoms with Crippen molar-refractivity contribution in [2.75, 3.05) is 5.32 Å². The molecule has 0 heterocycles. The molecule has 0 aliphatic rings. The van der Waals surface area contributed by atoms with E-state index in [-0.39, 0.29) is 16.4 Å². The second-order valence-electron chi connectivity index (χ2n) is 4.04. The van der Waals surface area contributed by atoms with Crippen molar-refractivity contribution < 1.29 is 14.8 Å². The molecule has 0 aliphatic carbocycles. The van der Waals surface area contributed by atoms with E-state index in [1.54, 1.807) is 12.1 Å². The SMILES string of the molecule is O=C(Nc1ccccc1Br)c1ccc(B(O)O)c(Cl)c1. The number of hydrogen-bond acceptors (Lipinski definition) is 3. The van der Waals surface area contributed by atoms with Crippen molar-refractivity contribution in [2.45, 2.75) is 0 Å². The summed E-state index contributed by atoms with van der Waals surface area (Å²) in [5.74, 6) is -0.335. The molecular formula is C13H10BBrClNO3. The third-order valence-corrected chi connectivity index (χ3v) is 3.68. The van der Waals surface area contributed by atoms with E-state index >= 15 is 0 Å². The molecule has 2 aromatic rings. The Labute approximate surface area is 129 Å². The van der Waals surface area contributed by atoms with Gasteiger partial charge in [-0.2, -0.15) is 0 Å². The molecule has 0 bridgehead atoms. The van der Waals surface area contributed by atoms with Gasteiger partial charge in [0.1, 0.15) is 0 Å². The second-order valence-corrected chi connectivity index (χ2v) is 5.31. The summed E-state index contributed by atoms with van der Waals surface area (Å²) in [5.41, 5.74) is 1.12. The molecule has 20 heavy (non-hydrogen) atoms. The number of carbonyl (C=O) groups is 1. The van der Waals surface area contributed by atoms with Gasteiger partial charge in [-0.05, 0) is 40.2 Å². The van der Waals surface area contributed by atoms with E-state index in [1.165, 1.54) is 18.2 Å². The largest absolute Gasteiger partial charge is 0.489 e. The maximum absolute atomic E-state index is 12.1. The Morgan fingerprint density at radius 2 is 1.90 bits per heavy atom. The fourth-order valence-corrected chi connectivity index (χ4v) is 2.30. The molecule has 0 fully saturated rings. The number of nitrogens with one attached hydrogen (secondary N) is 1. The van der Waals surface area contributed by atoms with E-state index in [0.29, 0.717) is 11.3 Å². The van der Waals surface area contributed by atoms with E-state index in [9.17, 15) is 4.79 Å². The molecule has 0 saturated heterocycles. The topological polar surface area (TPSA) is 69.6 Å². The zero-order valence-corrected chi connectivity index (χ0v) is 12.5. The van der Waals surface area contributed by atoms with Crippen LogP contribution < -0.4 is 10.8 Å². The van der Waals surface area contributed by atoms with Crippen molar-refractivity contribution in [2.24, 2.45) is 0 Å². The predicted molar refractivity (Wildman–Crippen MR) is 83.4 cm³/mol. The molecule has 0 spiro atoms. The Kier molecular flexibility index (Phi) is 4.83. The van der Waals surface area contributed by atoms with Gasteiger partial charge in [0.05, 0.1) is 5.69 Å². The minimum absolute atomic E-state index is 0.125. The molecular weight excluding hydrogens is 344 g/mol. The highest BCUT2D eigenvalue weighted by atomic mass is 79.9. The lowest BCUT2D eigenvalue weighted by Crippen LogP contribution is -2.31. The number of rotatable bonds is 3. The van der Waals surface area contributed by atoms with Crippen LogP contribution in [-0.2, 0) is 0 Å². The Bertz CT molecular complexity index is 651. The quantitative estimate of drug-likeness (QED) is 0.739. The van der Waals surface area contributed by atoms with Gasteiger partial charge in [0.25, 0.3) is 5.91 Å². The first kappa shape index (κ1) is 15.1. The van der Waals surface area contributed by atoms with Crippen LogP contribution >= 0.6 is 27.5 Å². The maximum Gasteiger partial charge on any atom is 0.489 e. The number of anilines is 1. The Hall–Kier alpha value is -1.34. The van der Waals surface area contributed by atoms with E-state index < -0.39 is 7.12 Å². The van der Waals surface area contributed by atoms with E-state index in [2.05, 4.69) is 21.2 Å². The summed E-state index contributed by atoms with van der Waals surface area (Å²) in [5, 5.41) is 21.0. The van der Waals surface area contributed by atoms with Gasteiger partial charge in [-0.1, -0.05) is 29.8 Å². The van der Waals surface area contributed by atoms with Gasteiger partial charge in [0.2, 0.25) is 0 Å². The van der Waals surface area contributed by atoms with Crippen molar-refractivity contribution >= 4 is 51.7 Å². The maximum atomic E-state index is 12.1. The van der Waals surface area contributed by atoms with Crippen LogP contribution in [0.1, 0.15) is 10.4 Å². The van der Waals surface area contributed by atoms with Crippen LogP contribution in [0.25, 0.3) is 0 Å². The van der Waals surface area contributed by atoms with Crippen molar-refractivity contribution in [1.29, 1.82) is 0 Å². The highest BCUT2D eigenvalue weighted by molar-refractivity contribution is 9.10.